The lowest BCUT2D eigenvalue weighted by Gasteiger charge is -2.12. The highest BCUT2D eigenvalue weighted by atomic mass is 16.6. The second-order valence-corrected chi connectivity index (χ2v) is 5.36. The van der Waals surface area contributed by atoms with Gasteiger partial charge in [0.05, 0.1) is 11.1 Å². The van der Waals surface area contributed by atoms with E-state index in [1.54, 1.807) is 6.20 Å². The summed E-state index contributed by atoms with van der Waals surface area (Å²) >= 11 is 0. The molecule has 1 heterocycles. The number of rotatable bonds is 5. The van der Waals surface area contributed by atoms with E-state index >= 15 is 0 Å². The van der Waals surface area contributed by atoms with Crippen LogP contribution in [-0.2, 0) is 4.79 Å². The van der Waals surface area contributed by atoms with Gasteiger partial charge in [0, 0.05) is 11.8 Å². The summed E-state index contributed by atoms with van der Waals surface area (Å²) < 4.78 is 0. The molecule has 3 N–H and O–H groups in total. The predicted octanol–water partition coefficient (Wildman–Crippen LogP) is 2.38. The summed E-state index contributed by atoms with van der Waals surface area (Å²) in [6.45, 7) is 5.78. The van der Waals surface area contributed by atoms with Crippen molar-refractivity contribution in [3.63, 3.8) is 0 Å². The lowest BCUT2D eigenvalue weighted by Crippen LogP contribution is -2.26. The van der Waals surface area contributed by atoms with Crippen molar-refractivity contribution in [2.24, 2.45) is 0 Å². The number of aryl methyl sites for hydroxylation is 3. The molecule has 0 fully saturated rings. The maximum atomic E-state index is 12.1. The van der Waals surface area contributed by atoms with Gasteiger partial charge in [0.1, 0.15) is 0 Å². The van der Waals surface area contributed by atoms with Crippen LogP contribution >= 0.6 is 0 Å². The Hall–Kier alpha value is -2.96. The van der Waals surface area contributed by atoms with Gasteiger partial charge in [0.2, 0.25) is 0 Å². The molecule has 7 nitrogen and oxygen atoms in total. The molecule has 0 bridgehead atoms. The van der Waals surface area contributed by atoms with Gasteiger partial charge in [-0.25, -0.2) is 4.98 Å². The third-order valence-electron chi connectivity index (χ3n) is 3.40. The Morgan fingerprint density at radius 1 is 1.26 bits per heavy atom. The fraction of sp³-hybridized carbons (Fsp3) is 0.250. The molecule has 0 aliphatic heterocycles. The van der Waals surface area contributed by atoms with Crippen molar-refractivity contribution in [3.8, 4) is 0 Å². The number of aromatic nitrogens is 1. The van der Waals surface area contributed by atoms with E-state index < -0.39 is 4.92 Å². The van der Waals surface area contributed by atoms with Crippen molar-refractivity contribution in [1.29, 1.82) is 0 Å². The molecule has 0 atom stereocenters. The Bertz CT molecular complexity index is 736. The number of carbonyl (C=O) groups is 1. The van der Waals surface area contributed by atoms with Gasteiger partial charge in [0.25, 0.3) is 5.91 Å². The summed E-state index contributed by atoms with van der Waals surface area (Å²) in [6.07, 6.45) is 1.56. The van der Waals surface area contributed by atoms with E-state index in [0.29, 0.717) is 0 Å². The van der Waals surface area contributed by atoms with Gasteiger partial charge < -0.3 is 5.32 Å². The first kappa shape index (κ1) is 16.4. The summed E-state index contributed by atoms with van der Waals surface area (Å²) in [4.78, 5) is 25.2. The topological polar surface area (TPSA) is 98.4 Å². The molecule has 0 aliphatic carbocycles. The fourth-order valence-corrected chi connectivity index (χ4v) is 2.45. The Labute approximate surface area is 133 Å². The first-order valence-corrected chi connectivity index (χ1v) is 7.15. The maximum absolute atomic E-state index is 12.1. The highest BCUT2D eigenvalue weighted by molar-refractivity contribution is 5.95. The number of hydrogen-bond acceptors (Lipinski definition) is 4. The van der Waals surface area contributed by atoms with Crippen LogP contribution in [0, 0.1) is 30.9 Å². The van der Waals surface area contributed by atoms with Crippen LogP contribution < -0.4 is 15.6 Å². The molecule has 2 rings (SSSR count). The minimum Gasteiger partial charge on any atom is -0.322 e. The lowest BCUT2D eigenvalue weighted by molar-refractivity contribution is -0.409. The third kappa shape index (κ3) is 4.03. The molecule has 0 saturated carbocycles. The van der Waals surface area contributed by atoms with Crippen molar-refractivity contribution in [2.45, 2.75) is 20.8 Å². The molecule has 0 aliphatic rings. The normalized spacial score (nSPS) is 10.2. The van der Waals surface area contributed by atoms with Gasteiger partial charge in [0.15, 0.2) is 6.54 Å². The largest absolute Gasteiger partial charge is 0.357 e. The number of nitro groups is 1. The number of anilines is 2. The van der Waals surface area contributed by atoms with E-state index in [9.17, 15) is 14.9 Å². The molecule has 0 saturated heterocycles. The van der Waals surface area contributed by atoms with E-state index in [1.165, 1.54) is 12.1 Å². The first-order chi connectivity index (χ1) is 10.9. The second kappa shape index (κ2) is 6.87. The quantitative estimate of drug-likeness (QED) is 0.653. The number of H-pyrrole nitrogens is 1. The summed E-state index contributed by atoms with van der Waals surface area (Å²) in [6, 6.07) is 6.88. The van der Waals surface area contributed by atoms with E-state index in [4.69, 9.17) is 0 Å². The first-order valence-electron chi connectivity index (χ1n) is 7.15. The van der Waals surface area contributed by atoms with Gasteiger partial charge in [-0.1, -0.05) is 17.7 Å². The smallest absolute Gasteiger partial charge is 0.322 e. The zero-order valence-electron chi connectivity index (χ0n) is 13.3. The number of aromatic amines is 1. The van der Waals surface area contributed by atoms with Gasteiger partial charge in [-0.05, 0) is 38.0 Å². The van der Waals surface area contributed by atoms with Crippen LogP contribution in [0.5, 0.6) is 0 Å². The summed E-state index contributed by atoms with van der Waals surface area (Å²) in [5.41, 5.74) is 3.75. The number of amides is 1. The molecule has 1 amide bonds. The van der Waals surface area contributed by atoms with Crippen LogP contribution in [0.3, 0.4) is 0 Å². The Morgan fingerprint density at radius 3 is 2.52 bits per heavy atom. The van der Waals surface area contributed by atoms with E-state index in [1.807, 2.05) is 32.9 Å². The number of nitrogens with zero attached hydrogens (tertiary/aromatic N) is 1. The average Bonchev–Trinajstić information content (AvgIpc) is 2.49. The van der Waals surface area contributed by atoms with E-state index in [0.717, 1.165) is 22.4 Å². The standard InChI is InChI=1S/C16H18N4O3/c1-10-7-11(2)15(12(3)8-10)19-14(21)9-18-16-13(20(22)23)5-4-6-17-16/h4-8H,9H2,1-3H3,(H,17,18)(H,19,21)/p+1. The van der Waals surface area contributed by atoms with Crippen molar-refractivity contribution >= 4 is 23.1 Å². The highest BCUT2D eigenvalue weighted by Crippen LogP contribution is 2.22. The molecule has 1 aromatic heterocycles. The van der Waals surface area contributed by atoms with Crippen molar-refractivity contribution in [2.75, 3.05) is 17.2 Å². The monoisotopic (exact) mass is 315 g/mol. The van der Waals surface area contributed by atoms with Crippen LogP contribution in [-0.4, -0.2) is 17.4 Å². The predicted molar refractivity (Wildman–Crippen MR) is 87.4 cm³/mol. The molecule has 7 heteroatoms. The van der Waals surface area contributed by atoms with Crippen molar-refractivity contribution in [3.05, 3.63) is 57.3 Å². The molecule has 0 unspecified atom stereocenters. The zero-order chi connectivity index (χ0) is 17.0. The zero-order valence-corrected chi connectivity index (χ0v) is 13.3. The minimum absolute atomic E-state index is 0.0753. The van der Waals surface area contributed by atoms with E-state index in [-0.39, 0.29) is 24.0 Å². The van der Waals surface area contributed by atoms with Gasteiger partial charge in [-0.3, -0.25) is 20.2 Å². The lowest BCUT2D eigenvalue weighted by atomic mass is 10.1. The molecular formula is C16H19N4O3+. The number of benzene rings is 1. The van der Waals surface area contributed by atoms with Crippen LogP contribution in [0.2, 0.25) is 0 Å². The van der Waals surface area contributed by atoms with Crippen molar-refractivity contribution in [1.82, 2.24) is 0 Å². The number of pyridine rings is 1. The van der Waals surface area contributed by atoms with Gasteiger partial charge >= 0.3 is 11.5 Å². The molecule has 0 radical (unpaired) electrons. The summed E-state index contributed by atoms with van der Waals surface area (Å²) in [7, 11) is 0. The van der Waals surface area contributed by atoms with Crippen LogP contribution in [0.4, 0.5) is 17.2 Å². The van der Waals surface area contributed by atoms with E-state index in [2.05, 4.69) is 15.6 Å². The number of nitrogens with one attached hydrogen (secondary N) is 3. The number of carbonyl (C=O) groups excluding carboxylic acids is 1. The second-order valence-electron chi connectivity index (χ2n) is 5.36. The Morgan fingerprint density at radius 2 is 1.91 bits per heavy atom. The SMILES string of the molecule is Cc1cc(C)c(NC(=O)CNc2[nH+]cccc2[N+](=O)[O-])c(C)c1. The summed E-state index contributed by atoms with van der Waals surface area (Å²) in [5.74, 6) is -0.0726. The maximum Gasteiger partial charge on any atom is 0.357 e. The van der Waals surface area contributed by atoms with Gasteiger partial charge in [-0.15, -0.1) is 0 Å². The molecule has 2 aromatic rings. The highest BCUT2D eigenvalue weighted by Gasteiger charge is 2.20. The molecular weight excluding hydrogens is 296 g/mol. The fourth-order valence-electron chi connectivity index (χ4n) is 2.45. The molecule has 0 spiro atoms. The Kier molecular flexibility index (Phi) is 4.90. The molecule has 120 valence electrons. The Balaban J connectivity index is 2.06. The van der Waals surface area contributed by atoms with Gasteiger partial charge in [-0.2, -0.15) is 0 Å². The summed E-state index contributed by atoms with van der Waals surface area (Å²) in [5, 5.41) is 16.5. The van der Waals surface area contributed by atoms with Crippen molar-refractivity contribution < 1.29 is 14.7 Å². The third-order valence-corrected chi connectivity index (χ3v) is 3.40. The average molecular weight is 315 g/mol. The number of hydrogen-bond donors (Lipinski definition) is 2. The van der Waals surface area contributed by atoms with Crippen LogP contribution in [0.25, 0.3) is 0 Å². The minimum atomic E-state index is -0.509. The molecule has 1 aromatic carbocycles. The molecule has 23 heavy (non-hydrogen) atoms. The van der Waals surface area contributed by atoms with Crippen LogP contribution in [0.1, 0.15) is 16.7 Å². The van der Waals surface area contributed by atoms with Crippen LogP contribution in [0.15, 0.2) is 30.5 Å².